The molecule has 2 aromatic rings. The van der Waals surface area contributed by atoms with E-state index in [0.717, 1.165) is 19.3 Å². The van der Waals surface area contributed by atoms with Gasteiger partial charge in [-0.25, -0.2) is 4.79 Å². The minimum atomic E-state index is -0.899. The largest absolute Gasteiger partial charge is 0.481 e. The Morgan fingerprint density at radius 3 is 1.83 bits per heavy atom. The molecule has 0 heterocycles. The molecule has 0 unspecified atom stereocenters. The van der Waals surface area contributed by atoms with Crippen molar-refractivity contribution in [1.82, 2.24) is 4.90 Å². The van der Waals surface area contributed by atoms with E-state index in [2.05, 4.69) is 31.2 Å². The number of carboxylic acid groups (broad SMARTS) is 1. The molecule has 1 aliphatic rings. The van der Waals surface area contributed by atoms with Gasteiger partial charge in [0.15, 0.2) is 0 Å². The Hall–Kier alpha value is -2.82. The first-order chi connectivity index (χ1) is 17.1. The number of carboxylic acids is 1. The molecule has 0 spiro atoms. The number of hydrogen-bond donors (Lipinski definition) is 1. The lowest BCUT2D eigenvalue weighted by Gasteiger charge is -2.23. The topological polar surface area (TPSA) is 66.8 Å². The summed E-state index contributed by atoms with van der Waals surface area (Å²) in [5.74, 6) is -0.894. The molecule has 1 N–H and O–H groups in total. The number of nitrogens with zero attached hydrogens (tertiary/aromatic N) is 1. The van der Waals surface area contributed by atoms with E-state index in [1.807, 2.05) is 24.3 Å². The van der Waals surface area contributed by atoms with E-state index in [-0.39, 0.29) is 25.5 Å². The minimum absolute atomic E-state index is 0.00463. The van der Waals surface area contributed by atoms with Crippen molar-refractivity contribution in [3.05, 3.63) is 59.7 Å². The van der Waals surface area contributed by atoms with Crippen LogP contribution in [0.3, 0.4) is 0 Å². The molecule has 2 aromatic carbocycles. The number of fused-ring (bicyclic) bond motifs is 3. The van der Waals surface area contributed by atoms with E-state index < -0.39 is 12.1 Å². The Kier molecular flexibility index (Phi) is 11.1. The fourth-order valence-electron chi connectivity index (χ4n) is 5.00. The molecule has 0 aliphatic heterocycles. The fraction of sp³-hybridized carbons (Fsp3) is 0.533. The van der Waals surface area contributed by atoms with Crippen LogP contribution in [0.5, 0.6) is 0 Å². The van der Waals surface area contributed by atoms with E-state index in [1.165, 1.54) is 67.2 Å². The number of rotatable bonds is 16. The molecule has 190 valence electrons. The molecule has 5 nitrogen and oxygen atoms in total. The van der Waals surface area contributed by atoms with Gasteiger partial charge in [0.05, 0.1) is 6.42 Å². The van der Waals surface area contributed by atoms with Gasteiger partial charge in [-0.1, -0.05) is 113 Å². The molecule has 0 saturated carbocycles. The normalized spacial score (nSPS) is 12.3. The third-order valence-corrected chi connectivity index (χ3v) is 6.97. The number of aliphatic carboxylic acids is 1. The van der Waals surface area contributed by atoms with Crippen molar-refractivity contribution in [2.75, 3.05) is 19.7 Å². The Morgan fingerprint density at radius 2 is 1.29 bits per heavy atom. The molecule has 0 bridgehead atoms. The second kappa shape index (κ2) is 14.6. The highest BCUT2D eigenvalue weighted by Gasteiger charge is 2.29. The molecule has 35 heavy (non-hydrogen) atoms. The molecular formula is C30H41NO4. The van der Waals surface area contributed by atoms with Crippen LogP contribution in [0.4, 0.5) is 4.79 Å². The molecule has 3 rings (SSSR count). The zero-order valence-corrected chi connectivity index (χ0v) is 21.2. The van der Waals surface area contributed by atoms with Crippen LogP contribution in [-0.4, -0.2) is 41.8 Å². The van der Waals surface area contributed by atoms with Crippen LogP contribution in [0.15, 0.2) is 48.5 Å². The van der Waals surface area contributed by atoms with Crippen molar-refractivity contribution >= 4 is 12.1 Å². The maximum Gasteiger partial charge on any atom is 0.409 e. The maximum atomic E-state index is 12.9. The molecule has 0 aromatic heterocycles. The van der Waals surface area contributed by atoms with Gasteiger partial charge in [0, 0.05) is 19.0 Å². The fourth-order valence-corrected chi connectivity index (χ4v) is 5.00. The number of hydrogen-bond acceptors (Lipinski definition) is 3. The van der Waals surface area contributed by atoms with Crippen molar-refractivity contribution in [2.45, 2.75) is 83.5 Å². The number of benzene rings is 2. The van der Waals surface area contributed by atoms with Crippen LogP contribution in [0.1, 0.15) is 94.6 Å². The second-order valence-corrected chi connectivity index (χ2v) is 9.62. The van der Waals surface area contributed by atoms with E-state index >= 15 is 0 Å². The highest BCUT2D eigenvalue weighted by Crippen LogP contribution is 2.44. The zero-order chi connectivity index (χ0) is 24.9. The summed E-state index contributed by atoms with van der Waals surface area (Å²) >= 11 is 0. The van der Waals surface area contributed by atoms with Gasteiger partial charge >= 0.3 is 12.1 Å². The lowest BCUT2D eigenvalue weighted by Crippen LogP contribution is -2.35. The van der Waals surface area contributed by atoms with Gasteiger partial charge in [-0.15, -0.1) is 0 Å². The summed E-state index contributed by atoms with van der Waals surface area (Å²) in [4.78, 5) is 25.6. The van der Waals surface area contributed by atoms with Gasteiger partial charge in [0.25, 0.3) is 0 Å². The Bertz CT molecular complexity index is 896. The maximum absolute atomic E-state index is 12.9. The number of unbranched alkanes of at least 4 members (excludes halogenated alkanes) is 9. The zero-order valence-electron chi connectivity index (χ0n) is 21.2. The first kappa shape index (κ1) is 26.8. The van der Waals surface area contributed by atoms with E-state index in [1.54, 1.807) is 4.90 Å². The summed E-state index contributed by atoms with van der Waals surface area (Å²) in [7, 11) is 0. The highest BCUT2D eigenvalue weighted by molar-refractivity contribution is 5.79. The van der Waals surface area contributed by atoms with Gasteiger partial charge < -0.3 is 14.7 Å². The van der Waals surface area contributed by atoms with Crippen molar-refractivity contribution in [2.24, 2.45) is 0 Å². The molecule has 0 fully saturated rings. The lowest BCUT2D eigenvalue weighted by atomic mass is 9.98. The first-order valence-electron chi connectivity index (χ1n) is 13.4. The van der Waals surface area contributed by atoms with Gasteiger partial charge in [0.2, 0.25) is 0 Å². The smallest absolute Gasteiger partial charge is 0.409 e. The molecule has 1 aliphatic carbocycles. The van der Waals surface area contributed by atoms with Crippen LogP contribution in [0.25, 0.3) is 11.1 Å². The average molecular weight is 480 g/mol. The summed E-state index contributed by atoms with van der Waals surface area (Å²) in [6.45, 7) is 3.22. The third kappa shape index (κ3) is 8.12. The van der Waals surface area contributed by atoms with Crippen LogP contribution in [-0.2, 0) is 9.53 Å². The Morgan fingerprint density at radius 1 is 0.771 bits per heavy atom. The molecule has 5 heteroatoms. The van der Waals surface area contributed by atoms with Crippen molar-refractivity contribution in [1.29, 1.82) is 0 Å². The van der Waals surface area contributed by atoms with E-state index in [0.29, 0.717) is 6.54 Å². The third-order valence-electron chi connectivity index (χ3n) is 6.97. The van der Waals surface area contributed by atoms with Crippen LogP contribution >= 0.6 is 0 Å². The van der Waals surface area contributed by atoms with E-state index in [9.17, 15) is 9.59 Å². The van der Waals surface area contributed by atoms with Crippen molar-refractivity contribution in [3.8, 4) is 11.1 Å². The van der Waals surface area contributed by atoms with Crippen LogP contribution in [0.2, 0.25) is 0 Å². The second-order valence-electron chi connectivity index (χ2n) is 9.62. The summed E-state index contributed by atoms with van der Waals surface area (Å²) in [5, 5.41) is 9.13. The quantitative estimate of drug-likeness (QED) is 0.251. The first-order valence-corrected chi connectivity index (χ1v) is 13.4. The predicted molar refractivity (Wildman–Crippen MR) is 141 cm³/mol. The average Bonchev–Trinajstić information content (AvgIpc) is 3.19. The van der Waals surface area contributed by atoms with Gasteiger partial charge in [-0.2, -0.15) is 0 Å². The summed E-state index contributed by atoms with van der Waals surface area (Å²) in [5.41, 5.74) is 4.73. The van der Waals surface area contributed by atoms with Crippen LogP contribution in [0, 0.1) is 0 Å². The standard InChI is InChI=1S/C30H41NO4/c1-2-3-4-5-6-7-8-9-10-15-21-31(22-20-29(32)33)30(34)35-23-28-26-18-13-11-16-24(26)25-17-12-14-19-27(25)28/h11-14,16-19,28H,2-10,15,20-23H2,1H3,(H,32,33). The van der Waals surface area contributed by atoms with Gasteiger partial charge in [0.1, 0.15) is 6.61 Å². The number of ether oxygens (including phenoxy) is 1. The SMILES string of the molecule is CCCCCCCCCCCCN(CCC(=O)O)C(=O)OCC1c2ccccc2-c2ccccc21. The monoisotopic (exact) mass is 479 g/mol. The lowest BCUT2D eigenvalue weighted by molar-refractivity contribution is -0.137. The van der Waals surface area contributed by atoms with Crippen molar-refractivity contribution < 1.29 is 19.4 Å². The number of amides is 1. The van der Waals surface area contributed by atoms with Gasteiger partial charge in [-0.05, 0) is 28.7 Å². The van der Waals surface area contributed by atoms with Crippen molar-refractivity contribution in [3.63, 3.8) is 0 Å². The number of carbonyl (C=O) groups is 2. The van der Waals surface area contributed by atoms with Crippen LogP contribution < -0.4 is 0 Å². The Balaban J connectivity index is 1.46. The molecule has 0 radical (unpaired) electrons. The summed E-state index contributed by atoms with van der Waals surface area (Å²) in [6, 6.07) is 16.5. The highest BCUT2D eigenvalue weighted by atomic mass is 16.6. The summed E-state index contributed by atoms with van der Waals surface area (Å²) < 4.78 is 5.77. The molecule has 1 amide bonds. The predicted octanol–water partition coefficient (Wildman–Crippen LogP) is 7.63. The Labute approximate surface area is 210 Å². The van der Waals surface area contributed by atoms with E-state index in [4.69, 9.17) is 9.84 Å². The number of carbonyl (C=O) groups excluding carboxylic acids is 1. The molecule has 0 atom stereocenters. The van der Waals surface area contributed by atoms with Gasteiger partial charge in [-0.3, -0.25) is 4.79 Å². The molecule has 0 saturated heterocycles. The molecular weight excluding hydrogens is 438 g/mol. The summed E-state index contributed by atoms with van der Waals surface area (Å²) in [6.07, 6.45) is 11.7. The minimum Gasteiger partial charge on any atom is -0.481 e.